The summed E-state index contributed by atoms with van der Waals surface area (Å²) in [5.74, 6) is -0.993. The summed E-state index contributed by atoms with van der Waals surface area (Å²) >= 11 is 5.87. The van der Waals surface area contributed by atoms with Crippen LogP contribution in [0.2, 0.25) is 0 Å². The molecule has 0 fully saturated rings. The Balaban J connectivity index is 2.36. The topological polar surface area (TPSA) is 86.3 Å². The Kier molecular flexibility index (Phi) is 5.67. The first kappa shape index (κ1) is 17.6. The number of aliphatic imine (C=N–C) groups is 1. The quantitative estimate of drug-likeness (QED) is 0.660. The third kappa shape index (κ3) is 4.40. The predicted octanol–water partition coefficient (Wildman–Crippen LogP) is 3.88. The zero-order valence-electron chi connectivity index (χ0n) is 13.3. The lowest BCUT2D eigenvalue weighted by Crippen LogP contribution is -2.00. The molecule has 1 N–H and O–H groups in total. The molecule has 0 unspecified atom stereocenters. The second-order valence-corrected chi connectivity index (χ2v) is 6.08. The number of benzene rings is 1. The molecule has 1 aromatic carbocycles. The number of hydrogen-bond donors (Lipinski definition) is 1. The molecule has 6 heteroatoms. The molecule has 5 nitrogen and oxygen atoms in total. The lowest BCUT2D eigenvalue weighted by atomic mass is 10.0. The van der Waals surface area contributed by atoms with Crippen LogP contribution in [0.15, 0.2) is 35.5 Å². The van der Waals surface area contributed by atoms with Crippen molar-refractivity contribution in [2.24, 2.45) is 4.99 Å². The van der Waals surface area contributed by atoms with Gasteiger partial charge in [0.25, 0.3) is 0 Å². The van der Waals surface area contributed by atoms with Gasteiger partial charge in [0.2, 0.25) is 0 Å². The lowest BCUT2D eigenvalue weighted by Gasteiger charge is -2.08. The smallest absolute Gasteiger partial charge is 0.335 e. The number of nitriles is 1. The van der Waals surface area contributed by atoms with Crippen LogP contribution in [0.5, 0.6) is 0 Å². The van der Waals surface area contributed by atoms with Crippen molar-refractivity contribution in [2.75, 3.05) is 0 Å². The van der Waals surface area contributed by atoms with E-state index in [1.165, 1.54) is 18.3 Å². The number of carboxylic acids is 1. The standard InChI is InChI=1S/C18H16ClN3O2/c1-11-5-13(6-15(9-20)17(11)22-10-12(2)19)7-16-8-14(18(23)24)3-4-21-16/h3-6,8,10,12H,7H2,1-2H3,(H,23,24)/t12-/m1/s1. The summed E-state index contributed by atoms with van der Waals surface area (Å²) < 4.78 is 0. The minimum Gasteiger partial charge on any atom is -0.478 e. The molecule has 1 heterocycles. The molecule has 2 aromatic rings. The zero-order chi connectivity index (χ0) is 17.7. The van der Waals surface area contributed by atoms with Crippen LogP contribution >= 0.6 is 11.6 Å². The van der Waals surface area contributed by atoms with Crippen molar-refractivity contribution >= 4 is 29.5 Å². The van der Waals surface area contributed by atoms with Gasteiger partial charge >= 0.3 is 5.97 Å². The monoisotopic (exact) mass is 341 g/mol. The highest BCUT2D eigenvalue weighted by Gasteiger charge is 2.10. The average molecular weight is 342 g/mol. The molecular weight excluding hydrogens is 326 g/mol. The molecule has 0 radical (unpaired) electrons. The number of aryl methyl sites for hydroxylation is 1. The van der Waals surface area contributed by atoms with Crippen molar-refractivity contribution in [3.63, 3.8) is 0 Å². The molecule has 1 atom stereocenters. The van der Waals surface area contributed by atoms with E-state index in [4.69, 9.17) is 16.7 Å². The summed E-state index contributed by atoms with van der Waals surface area (Å²) in [5.41, 5.74) is 3.59. The summed E-state index contributed by atoms with van der Waals surface area (Å²) in [5, 5.41) is 18.2. The molecule has 0 amide bonds. The van der Waals surface area contributed by atoms with Crippen molar-refractivity contribution in [3.8, 4) is 6.07 Å². The molecule has 0 saturated carbocycles. The fourth-order valence-electron chi connectivity index (χ4n) is 2.31. The largest absolute Gasteiger partial charge is 0.478 e. The Hall–Kier alpha value is -2.71. The molecule has 0 aliphatic carbocycles. The summed E-state index contributed by atoms with van der Waals surface area (Å²) in [6.45, 7) is 3.67. The minimum atomic E-state index is -0.993. The van der Waals surface area contributed by atoms with Gasteiger partial charge in [0.1, 0.15) is 6.07 Å². The average Bonchev–Trinajstić information content (AvgIpc) is 2.53. The van der Waals surface area contributed by atoms with Crippen molar-refractivity contribution < 1.29 is 9.90 Å². The maximum Gasteiger partial charge on any atom is 0.335 e. The van der Waals surface area contributed by atoms with Crippen molar-refractivity contribution in [1.82, 2.24) is 4.98 Å². The molecule has 0 spiro atoms. The highest BCUT2D eigenvalue weighted by Crippen LogP contribution is 2.26. The van der Waals surface area contributed by atoms with E-state index < -0.39 is 5.97 Å². The fourth-order valence-corrected chi connectivity index (χ4v) is 2.36. The van der Waals surface area contributed by atoms with E-state index >= 15 is 0 Å². The molecule has 0 saturated heterocycles. The minimum absolute atomic E-state index is 0.189. The van der Waals surface area contributed by atoms with Crippen LogP contribution < -0.4 is 0 Å². The Morgan fingerprint density at radius 2 is 2.25 bits per heavy atom. The number of nitrogens with zero attached hydrogens (tertiary/aromatic N) is 3. The summed E-state index contributed by atoms with van der Waals surface area (Å²) in [7, 11) is 0. The maximum absolute atomic E-state index is 11.0. The van der Waals surface area contributed by atoms with Gasteiger partial charge in [-0.3, -0.25) is 9.98 Å². The van der Waals surface area contributed by atoms with Crippen LogP contribution in [0.1, 0.15) is 39.7 Å². The van der Waals surface area contributed by atoms with Gasteiger partial charge in [-0.25, -0.2) is 4.79 Å². The number of carboxylic acid groups (broad SMARTS) is 1. The Labute approximate surface area is 145 Å². The van der Waals surface area contributed by atoms with Crippen LogP contribution in [0, 0.1) is 18.3 Å². The van der Waals surface area contributed by atoms with Gasteiger partial charge in [-0.1, -0.05) is 6.07 Å². The first-order valence-corrected chi connectivity index (χ1v) is 7.74. The zero-order valence-corrected chi connectivity index (χ0v) is 14.1. The van der Waals surface area contributed by atoms with Gasteiger partial charge < -0.3 is 5.11 Å². The van der Waals surface area contributed by atoms with Crippen LogP contribution in [-0.2, 0) is 6.42 Å². The first-order chi connectivity index (χ1) is 11.4. The molecule has 0 aliphatic rings. The van der Waals surface area contributed by atoms with Crippen LogP contribution in [-0.4, -0.2) is 27.7 Å². The third-order valence-electron chi connectivity index (χ3n) is 3.34. The lowest BCUT2D eigenvalue weighted by molar-refractivity contribution is 0.0696. The van der Waals surface area contributed by atoms with E-state index in [2.05, 4.69) is 16.0 Å². The Morgan fingerprint density at radius 3 is 2.88 bits per heavy atom. The summed E-state index contributed by atoms with van der Waals surface area (Å²) in [6, 6.07) is 8.79. The van der Waals surface area contributed by atoms with E-state index in [-0.39, 0.29) is 10.9 Å². The van der Waals surface area contributed by atoms with Gasteiger partial charge in [0.15, 0.2) is 0 Å². The summed E-state index contributed by atoms with van der Waals surface area (Å²) in [4.78, 5) is 19.5. The highest BCUT2D eigenvalue weighted by atomic mass is 35.5. The van der Waals surface area contributed by atoms with Crippen LogP contribution in [0.25, 0.3) is 0 Å². The number of aromatic carboxylic acids is 1. The second-order valence-electron chi connectivity index (χ2n) is 5.39. The van der Waals surface area contributed by atoms with Crippen LogP contribution in [0.3, 0.4) is 0 Å². The fraction of sp³-hybridized carbons (Fsp3) is 0.222. The van der Waals surface area contributed by atoms with E-state index in [0.29, 0.717) is 23.4 Å². The molecular formula is C18H16ClN3O2. The normalized spacial score (nSPS) is 12.1. The van der Waals surface area contributed by atoms with Crippen molar-refractivity contribution in [2.45, 2.75) is 25.6 Å². The summed E-state index contributed by atoms with van der Waals surface area (Å²) in [6.07, 6.45) is 3.49. The third-order valence-corrected chi connectivity index (χ3v) is 3.45. The predicted molar refractivity (Wildman–Crippen MR) is 93.4 cm³/mol. The molecule has 2 rings (SSSR count). The maximum atomic E-state index is 11.0. The van der Waals surface area contributed by atoms with Crippen LogP contribution in [0.4, 0.5) is 5.69 Å². The van der Waals surface area contributed by atoms with E-state index in [0.717, 1.165) is 11.1 Å². The van der Waals surface area contributed by atoms with E-state index in [9.17, 15) is 10.1 Å². The van der Waals surface area contributed by atoms with E-state index in [1.54, 1.807) is 19.2 Å². The Bertz CT molecular complexity index is 839. The van der Waals surface area contributed by atoms with Gasteiger partial charge in [-0.2, -0.15) is 5.26 Å². The SMILES string of the molecule is Cc1cc(Cc2cc(C(=O)O)ccn2)cc(C#N)c1N=C[C@@H](C)Cl. The van der Waals surface area contributed by atoms with Gasteiger partial charge in [0.05, 0.1) is 22.2 Å². The second kappa shape index (κ2) is 7.71. The molecule has 0 aliphatic heterocycles. The molecule has 24 heavy (non-hydrogen) atoms. The Morgan fingerprint density at radius 1 is 1.50 bits per heavy atom. The van der Waals surface area contributed by atoms with Gasteiger partial charge in [-0.05, 0) is 43.2 Å². The number of pyridine rings is 1. The number of halogens is 1. The molecule has 122 valence electrons. The number of aromatic nitrogens is 1. The van der Waals surface area contributed by atoms with E-state index in [1.807, 2.05) is 13.0 Å². The van der Waals surface area contributed by atoms with Crippen molar-refractivity contribution in [1.29, 1.82) is 5.26 Å². The molecule has 0 bridgehead atoms. The van der Waals surface area contributed by atoms with Gasteiger partial charge in [-0.15, -0.1) is 11.6 Å². The number of alkyl halides is 1. The first-order valence-electron chi connectivity index (χ1n) is 7.31. The number of rotatable bonds is 5. The number of carbonyl (C=O) groups is 1. The highest BCUT2D eigenvalue weighted by molar-refractivity contribution is 6.28. The molecule has 1 aromatic heterocycles. The number of hydrogen-bond acceptors (Lipinski definition) is 4. The van der Waals surface area contributed by atoms with Gasteiger partial charge in [0, 0.05) is 24.5 Å². The van der Waals surface area contributed by atoms with Crippen molar-refractivity contribution in [3.05, 3.63) is 58.4 Å².